The molecule has 1 saturated heterocycles. The van der Waals surface area contributed by atoms with Crippen LogP contribution < -0.4 is 10.2 Å². The molecular weight excluding hydrogens is 486 g/mol. The lowest BCUT2D eigenvalue weighted by molar-refractivity contribution is 0.0747. The van der Waals surface area contributed by atoms with Crippen LogP contribution in [0.3, 0.4) is 0 Å². The van der Waals surface area contributed by atoms with Gasteiger partial charge in [-0.1, -0.05) is 23.7 Å². The first-order valence-electron chi connectivity index (χ1n) is 12.4. The zero-order chi connectivity index (χ0) is 25.9. The number of carbonyl (C=O) groups is 1. The van der Waals surface area contributed by atoms with Crippen LogP contribution in [0, 0.1) is 6.92 Å². The maximum absolute atomic E-state index is 13.1. The number of halogens is 1. The van der Waals surface area contributed by atoms with Gasteiger partial charge < -0.3 is 19.7 Å². The number of benzene rings is 2. The lowest BCUT2D eigenvalue weighted by Gasteiger charge is -2.36. The van der Waals surface area contributed by atoms with E-state index >= 15 is 0 Å². The van der Waals surface area contributed by atoms with Gasteiger partial charge in [-0.15, -0.1) is 0 Å². The maximum atomic E-state index is 13.1. The van der Waals surface area contributed by atoms with Crippen LogP contribution in [0.15, 0.2) is 67.0 Å². The quantitative estimate of drug-likeness (QED) is 0.360. The van der Waals surface area contributed by atoms with E-state index in [0.29, 0.717) is 24.6 Å². The Hall–Kier alpha value is -3.91. The van der Waals surface area contributed by atoms with E-state index in [2.05, 4.69) is 38.6 Å². The maximum Gasteiger partial charge on any atom is 0.253 e. The van der Waals surface area contributed by atoms with Gasteiger partial charge in [0.2, 0.25) is 5.95 Å². The van der Waals surface area contributed by atoms with E-state index in [0.717, 1.165) is 46.7 Å². The highest BCUT2D eigenvalue weighted by Gasteiger charge is 2.23. The Morgan fingerprint density at radius 2 is 1.70 bits per heavy atom. The minimum absolute atomic E-state index is 0.0286. The van der Waals surface area contributed by atoms with E-state index in [1.165, 1.54) is 0 Å². The van der Waals surface area contributed by atoms with E-state index in [9.17, 15) is 4.79 Å². The van der Waals surface area contributed by atoms with Gasteiger partial charge in [0.25, 0.3) is 5.91 Å². The number of nitrogens with zero attached hydrogens (tertiary/aromatic N) is 6. The molecule has 1 aliphatic heterocycles. The van der Waals surface area contributed by atoms with Crippen molar-refractivity contribution in [1.29, 1.82) is 0 Å². The van der Waals surface area contributed by atoms with E-state index in [4.69, 9.17) is 16.6 Å². The van der Waals surface area contributed by atoms with Crippen molar-refractivity contribution >= 4 is 34.8 Å². The number of amides is 1. The van der Waals surface area contributed by atoms with Crippen LogP contribution in [0.5, 0.6) is 0 Å². The molecule has 3 heterocycles. The Labute approximate surface area is 221 Å². The number of hydrogen-bond donors (Lipinski definition) is 1. The average Bonchev–Trinajstić information content (AvgIpc) is 3.31. The first-order chi connectivity index (χ1) is 17.9. The number of nitrogens with one attached hydrogen (secondary N) is 1. The number of anilines is 3. The summed E-state index contributed by atoms with van der Waals surface area (Å²) in [6.07, 6.45) is 3.58. The third kappa shape index (κ3) is 5.29. The number of aromatic nitrogens is 4. The van der Waals surface area contributed by atoms with E-state index in [-0.39, 0.29) is 11.9 Å². The molecule has 0 unspecified atom stereocenters. The first kappa shape index (κ1) is 24.8. The summed E-state index contributed by atoms with van der Waals surface area (Å²) in [5.74, 6) is 1.46. The molecule has 1 N–H and O–H groups in total. The molecule has 1 fully saturated rings. The number of aryl methyl sites for hydroxylation is 1. The van der Waals surface area contributed by atoms with Gasteiger partial charge in [0, 0.05) is 49.7 Å². The molecule has 2 aromatic carbocycles. The molecule has 0 bridgehead atoms. The van der Waals surface area contributed by atoms with Crippen LogP contribution >= 0.6 is 11.6 Å². The van der Waals surface area contributed by atoms with Gasteiger partial charge in [0.15, 0.2) is 0 Å². The van der Waals surface area contributed by atoms with Gasteiger partial charge in [-0.3, -0.25) is 4.79 Å². The summed E-state index contributed by atoms with van der Waals surface area (Å²) in [6.45, 7) is 9.04. The zero-order valence-electron chi connectivity index (χ0n) is 21.2. The van der Waals surface area contributed by atoms with Crippen molar-refractivity contribution in [3.63, 3.8) is 0 Å². The van der Waals surface area contributed by atoms with E-state index < -0.39 is 0 Å². The predicted octanol–water partition coefficient (Wildman–Crippen LogP) is 5.59. The summed E-state index contributed by atoms with van der Waals surface area (Å²) in [7, 11) is 0. The lowest BCUT2D eigenvalue weighted by Crippen LogP contribution is -2.48. The minimum atomic E-state index is 0.0286. The largest absolute Gasteiger partial charge is 0.367 e. The molecule has 0 aliphatic carbocycles. The third-order valence-electron chi connectivity index (χ3n) is 6.56. The Morgan fingerprint density at radius 1 is 0.973 bits per heavy atom. The standard InChI is InChI=1S/C28H30ClN7O/c1-19(2)36-20(3)31-18-26(36)24-12-13-30-28(33-24)32-22-10-8-21(9-11-22)27(37)35-16-14-34(15-17-35)25-7-5-4-6-23(25)29/h4-13,18-19H,14-17H2,1-3H3,(H,30,32,33). The fraction of sp³-hybridized carbons (Fsp3) is 0.286. The number of piperazine rings is 1. The number of carbonyl (C=O) groups excluding carboxylic acids is 1. The van der Waals surface area contributed by atoms with Gasteiger partial charge in [-0.05, 0) is 63.2 Å². The second-order valence-corrected chi connectivity index (χ2v) is 9.76. The van der Waals surface area contributed by atoms with Crippen molar-refractivity contribution in [3.05, 3.63) is 83.4 Å². The SMILES string of the molecule is Cc1ncc(-c2ccnc(Nc3ccc(C(=O)N4CCN(c5ccccc5Cl)CC4)cc3)n2)n1C(C)C. The summed E-state index contributed by atoms with van der Waals surface area (Å²) in [5, 5.41) is 3.99. The van der Waals surface area contributed by atoms with E-state index in [1.807, 2.05) is 72.6 Å². The van der Waals surface area contributed by atoms with Gasteiger partial charge in [0.05, 0.1) is 28.3 Å². The Morgan fingerprint density at radius 3 is 2.41 bits per heavy atom. The van der Waals surface area contributed by atoms with Crippen LogP contribution in [0.25, 0.3) is 11.4 Å². The second kappa shape index (κ2) is 10.6. The molecule has 4 aromatic rings. The molecular formula is C28H30ClN7O. The normalized spacial score (nSPS) is 13.8. The Bertz CT molecular complexity index is 1390. The molecule has 0 spiro atoms. The van der Waals surface area contributed by atoms with Gasteiger partial charge in [0.1, 0.15) is 5.82 Å². The van der Waals surface area contributed by atoms with Crippen molar-refractivity contribution in [2.75, 3.05) is 36.4 Å². The molecule has 1 aliphatic rings. The first-order valence-corrected chi connectivity index (χ1v) is 12.8. The molecule has 0 atom stereocenters. The van der Waals surface area contributed by atoms with Gasteiger partial charge >= 0.3 is 0 Å². The Balaban J connectivity index is 1.23. The van der Waals surface area contributed by atoms with Crippen LogP contribution in [-0.2, 0) is 0 Å². The molecule has 0 saturated carbocycles. The van der Waals surface area contributed by atoms with Crippen molar-refractivity contribution < 1.29 is 4.79 Å². The summed E-state index contributed by atoms with van der Waals surface area (Å²) < 4.78 is 2.15. The molecule has 0 radical (unpaired) electrons. The fourth-order valence-electron chi connectivity index (χ4n) is 4.72. The summed E-state index contributed by atoms with van der Waals surface area (Å²) in [5.41, 5.74) is 4.23. The highest BCUT2D eigenvalue weighted by Crippen LogP contribution is 2.27. The minimum Gasteiger partial charge on any atom is -0.367 e. The van der Waals surface area contributed by atoms with Gasteiger partial charge in [-0.25, -0.2) is 15.0 Å². The van der Waals surface area contributed by atoms with Gasteiger partial charge in [-0.2, -0.15) is 0 Å². The van der Waals surface area contributed by atoms with Crippen LogP contribution in [0.2, 0.25) is 5.02 Å². The fourth-order valence-corrected chi connectivity index (χ4v) is 4.98. The number of hydrogen-bond acceptors (Lipinski definition) is 6. The Kier molecular flexibility index (Phi) is 7.10. The molecule has 8 nitrogen and oxygen atoms in total. The topological polar surface area (TPSA) is 79.2 Å². The third-order valence-corrected chi connectivity index (χ3v) is 6.88. The smallest absolute Gasteiger partial charge is 0.253 e. The molecule has 190 valence electrons. The van der Waals surface area contributed by atoms with Crippen molar-refractivity contribution in [2.24, 2.45) is 0 Å². The molecule has 9 heteroatoms. The monoisotopic (exact) mass is 515 g/mol. The molecule has 2 aromatic heterocycles. The average molecular weight is 516 g/mol. The summed E-state index contributed by atoms with van der Waals surface area (Å²) in [4.78, 5) is 30.7. The molecule has 5 rings (SSSR count). The summed E-state index contributed by atoms with van der Waals surface area (Å²) >= 11 is 6.34. The highest BCUT2D eigenvalue weighted by molar-refractivity contribution is 6.33. The van der Waals surface area contributed by atoms with Crippen molar-refractivity contribution in [1.82, 2.24) is 24.4 Å². The summed E-state index contributed by atoms with van der Waals surface area (Å²) in [6, 6.07) is 17.4. The molecule has 1 amide bonds. The van der Waals surface area contributed by atoms with Crippen molar-refractivity contribution in [3.8, 4) is 11.4 Å². The highest BCUT2D eigenvalue weighted by atomic mass is 35.5. The van der Waals surface area contributed by atoms with Crippen LogP contribution in [0.1, 0.15) is 36.1 Å². The predicted molar refractivity (Wildman–Crippen MR) is 148 cm³/mol. The number of imidazole rings is 1. The van der Waals surface area contributed by atoms with E-state index in [1.54, 1.807) is 6.20 Å². The zero-order valence-corrected chi connectivity index (χ0v) is 22.0. The lowest BCUT2D eigenvalue weighted by atomic mass is 10.1. The van der Waals surface area contributed by atoms with Crippen molar-refractivity contribution in [2.45, 2.75) is 26.8 Å². The number of rotatable bonds is 6. The van der Waals surface area contributed by atoms with Crippen LogP contribution in [-0.4, -0.2) is 56.5 Å². The second-order valence-electron chi connectivity index (χ2n) is 9.35. The molecule has 37 heavy (non-hydrogen) atoms. The number of para-hydroxylation sites is 1. The van der Waals surface area contributed by atoms with Crippen LogP contribution in [0.4, 0.5) is 17.3 Å².